The van der Waals surface area contributed by atoms with Crippen molar-refractivity contribution in [3.05, 3.63) is 36.0 Å². The van der Waals surface area contributed by atoms with E-state index < -0.39 is 0 Å². The van der Waals surface area contributed by atoms with Gasteiger partial charge in [-0.05, 0) is 31.2 Å². The van der Waals surface area contributed by atoms with Gasteiger partial charge in [0.05, 0.1) is 25.1 Å². The van der Waals surface area contributed by atoms with Crippen molar-refractivity contribution in [3.63, 3.8) is 0 Å². The van der Waals surface area contributed by atoms with E-state index in [1.54, 1.807) is 7.11 Å². The van der Waals surface area contributed by atoms with Gasteiger partial charge in [-0.25, -0.2) is 0 Å². The molecule has 1 aromatic heterocycles. The minimum absolute atomic E-state index is 0.679. The van der Waals surface area contributed by atoms with Crippen LogP contribution in [0, 0.1) is 0 Å². The van der Waals surface area contributed by atoms with Crippen LogP contribution in [0.1, 0.15) is 12.5 Å². The third-order valence-corrected chi connectivity index (χ3v) is 2.97. The summed E-state index contributed by atoms with van der Waals surface area (Å²) in [6.45, 7) is 4.95. The third-order valence-electron chi connectivity index (χ3n) is 2.97. The summed E-state index contributed by atoms with van der Waals surface area (Å²) >= 11 is 0. The molecule has 0 saturated heterocycles. The van der Waals surface area contributed by atoms with Gasteiger partial charge < -0.3 is 14.8 Å². The van der Waals surface area contributed by atoms with Crippen LogP contribution in [0.4, 0.5) is 0 Å². The molecule has 0 atom stereocenters. The first-order valence-electron chi connectivity index (χ1n) is 6.80. The zero-order valence-electron chi connectivity index (χ0n) is 12.0. The van der Waals surface area contributed by atoms with Crippen molar-refractivity contribution in [3.8, 4) is 17.0 Å². The molecule has 5 heteroatoms. The van der Waals surface area contributed by atoms with Crippen molar-refractivity contribution >= 4 is 0 Å². The molecule has 0 saturated carbocycles. The minimum atomic E-state index is 0.679. The van der Waals surface area contributed by atoms with Crippen LogP contribution in [0.3, 0.4) is 0 Å². The molecule has 0 fully saturated rings. The average molecular weight is 275 g/mol. The molecule has 0 radical (unpaired) electrons. The molecule has 1 heterocycles. The second-order valence-corrected chi connectivity index (χ2v) is 4.40. The van der Waals surface area contributed by atoms with E-state index in [1.807, 2.05) is 37.4 Å². The minimum Gasteiger partial charge on any atom is -0.494 e. The molecule has 20 heavy (non-hydrogen) atoms. The van der Waals surface area contributed by atoms with E-state index in [9.17, 15) is 0 Å². The Bertz CT molecular complexity index is 508. The number of hydrogen-bond acceptors (Lipinski definition) is 4. The zero-order chi connectivity index (χ0) is 14.2. The Morgan fingerprint density at radius 3 is 2.75 bits per heavy atom. The van der Waals surface area contributed by atoms with E-state index in [-0.39, 0.29) is 0 Å². The number of hydrogen-bond donors (Lipinski definition) is 2. The van der Waals surface area contributed by atoms with Crippen LogP contribution < -0.4 is 10.1 Å². The van der Waals surface area contributed by atoms with Crippen LogP contribution in [0.2, 0.25) is 0 Å². The number of rotatable bonds is 8. The van der Waals surface area contributed by atoms with E-state index in [0.717, 1.165) is 35.7 Å². The SMILES string of the molecule is CCOc1ccc(-c2[nH]ncc2CNCCOC)cc1. The van der Waals surface area contributed by atoms with Gasteiger partial charge in [0, 0.05) is 31.3 Å². The van der Waals surface area contributed by atoms with Gasteiger partial charge in [-0.15, -0.1) is 0 Å². The van der Waals surface area contributed by atoms with Gasteiger partial charge in [-0.2, -0.15) is 5.10 Å². The molecule has 108 valence electrons. The van der Waals surface area contributed by atoms with E-state index in [1.165, 1.54) is 0 Å². The first-order chi connectivity index (χ1) is 9.85. The fourth-order valence-electron chi connectivity index (χ4n) is 1.98. The van der Waals surface area contributed by atoms with Crippen molar-refractivity contribution in [2.45, 2.75) is 13.5 Å². The lowest BCUT2D eigenvalue weighted by molar-refractivity contribution is 0.199. The standard InChI is InChI=1S/C15H21N3O2/c1-3-20-14-6-4-12(5-7-14)15-13(11-17-18-15)10-16-8-9-19-2/h4-7,11,16H,3,8-10H2,1-2H3,(H,17,18). The molecule has 1 aromatic carbocycles. The van der Waals surface area contributed by atoms with Gasteiger partial charge >= 0.3 is 0 Å². The summed E-state index contributed by atoms with van der Waals surface area (Å²) in [5, 5.41) is 10.5. The maximum Gasteiger partial charge on any atom is 0.119 e. The number of aromatic amines is 1. The molecule has 5 nitrogen and oxygen atoms in total. The van der Waals surface area contributed by atoms with Gasteiger partial charge in [0.15, 0.2) is 0 Å². The number of ether oxygens (including phenoxy) is 2. The number of methoxy groups -OCH3 is 1. The lowest BCUT2D eigenvalue weighted by Crippen LogP contribution is -2.18. The van der Waals surface area contributed by atoms with Crippen molar-refractivity contribution in [2.24, 2.45) is 0 Å². The Kier molecular flexibility index (Phi) is 5.58. The lowest BCUT2D eigenvalue weighted by atomic mass is 10.1. The van der Waals surface area contributed by atoms with Crippen LogP contribution in [-0.4, -0.2) is 37.1 Å². The predicted molar refractivity (Wildman–Crippen MR) is 78.8 cm³/mol. The molecule has 0 aliphatic rings. The molecule has 0 spiro atoms. The molecule has 0 unspecified atom stereocenters. The molecular formula is C15H21N3O2. The fourth-order valence-corrected chi connectivity index (χ4v) is 1.98. The first-order valence-corrected chi connectivity index (χ1v) is 6.80. The highest BCUT2D eigenvalue weighted by atomic mass is 16.5. The fraction of sp³-hybridized carbons (Fsp3) is 0.400. The van der Waals surface area contributed by atoms with Crippen molar-refractivity contribution < 1.29 is 9.47 Å². The maximum absolute atomic E-state index is 5.45. The summed E-state index contributed by atoms with van der Waals surface area (Å²) in [6, 6.07) is 8.03. The number of nitrogens with one attached hydrogen (secondary N) is 2. The summed E-state index contributed by atoms with van der Waals surface area (Å²) in [4.78, 5) is 0. The number of aromatic nitrogens is 2. The van der Waals surface area contributed by atoms with Crippen molar-refractivity contribution in [1.82, 2.24) is 15.5 Å². The molecule has 0 aliphatic heterocycles. The van der Waals surface area contributed by atoms with Gasteiger partial charge in [-0.1, -0.05) is 0 Å². The van der Waals surface area contributed by atoms with Crippen molar-refractivity contribution in [1.29, 1.82) is 0 Å². The molecule has 2 rings (SSSR count). The highest BCUT2D eigenvalue weighted by Gasteiger charge is 2.07. The topological polar surface area (TPSA) is 59.2 Å². The summed E-state index contributed by atoms with van der Waals surface area (Å²) in [7, 11) is 1.70. The normalized spacial score (nSPS) is 10.7. The van der Waals surface area contributed by atoms with E-state index in [0.29, 0.717) is 13.2 Å². The zero-order valence-corrected chi connectivity index (χ0v) is 12.0. The smallest absolute Gasteiger partial charge is 0.119 e. The van der Waals surface area contributed by atoms with Crippen molar-refractivity contribution in [2.75, 3.05) is 26.9 Å². The molecule has 0 bridgehead atoms. The largest absolute Gasteiger partial charge is 0.494 e. The molecule has 0 aliphatic carbocycles. The Labute approximate surface area is 119 Å². The Morgan fingerprint density at radius 1 is 1.25 bits per heavy atom. The number of nitrogens with zero attached hydrogens (tertiary/aromatic N) is 1. The molecule has 2 aromatic rings. The Hall–Kier alpha value is -1.85. The molecular weight excluding hydrogens is 254 g/mol. The van der Waals surface area contributed by atoms with Crippen LogP contribution in [-0.2, 0) is 11.3 Å². The van der Waals surface area contributed by atoms with E-state index in [4.69, 9.17) is 9.47 Å². The number of benzene rings is 1. The van der Waals surface area contributed by atoms with Gasteiger partial charge in [0.1, 0.15) is 5.75 Å². The number of H-pyrrole nitrogens is 1. The monoisotopic (exact) mass is 275 g/mol. The summed E-state index contributed by atoms with van der Waals surface area (Å²) in [6.07, 6.45) is 1.85. The second-order valence-electron chi connectivity index (χ2n) is 4.40. The Morgan fingerprint density at radius 2 is 2.05 bits per heavy atom. The van der Waals surface area contributed by atoms with Gasteiger partial charge in [0.2, 0.25) is 0 Å². The summed E-state index contributed by atoms with van der Waals surface area (Å²) in [5.41, 5.74) is 3.29. The van der Waals surface area contributed by atoms with Gasteiger partial charge in [-0.3, -0.25) is 5.10 Å². The van der Waals surface area contributed by atoms with Crippen LogP contribution in [0.15, 0.2) is 30.5 Å². The van der Waals surface area contributed by atoms with Crippen LogP contribution >= 0.6 is 0 Å². The van der Waals surface area contributed by atoms with E-state index >= 15 is 0 Å². The highest BCUT2D eigenvalue weighted by molar-refractivity contribution is 5.63. The van der Waals surface area contributed by atoms with Crippen LogP contribution in [0.5, 0.6) is 5.75 Å². The predicted octanol–water partition coefficient (Wildman–Crippen LogP) is 2.21. The highest BCUT2D eigenvalue weighted by Crippen LogP contribution is 2.23. The molecule has 2 N–H and O–H groups in total. The third kappa shape index (κ3) is 3.82. The summed E-state index contributed by atoms with van der Waals surface area (Å²) in [5.74, 6) is 0.885. The quantitative estimate of drug-likeness (QED) is 0.725. The van der Waals surface area contributed by atoms with E-state index in [2.05, 4.69) is 15.5 Å². The maximum atomic E-state index is 5.45. The Balaban J connectivity index is 2.03. The van der Waals surface area contributed by atoms with Crippen LogP contribution in [0.25, 0.3) is 11.3 Å². The first kappa shape index (κ1) is 14.6. The molecule has 0 amide bonds. The second kappa shape index (κ2) is 7.67. The summed E-state index contributed by atoms with van der Waals surface area (Å²) < 4.78 is 10.5. The average Bonchev–Trinajstić information content (AvgIpc) is 2.93. The lowest BCUT2D eigenvalue weighted by Gasteiger charge is -2.07. The van der Waals surface area contributed by atoms with Gasteiger partial charge in [0.25, 0.3) is 0 Å².